The van der Waals surface area contributed by atoms with E-state index in [1.165, 1.54) is 75.2 Å². The summed E-state index contributed by atoms with van der Waals surface area (Å²) in [7, 11) is -0.830. The Hall–Kier alpha value is -0.610. The molecule has 0 nitrogen and oxygen atoms in total. The molecule has 0 aliphatic heterocycles. The molecule has 0 aromatic heterocycles. The van der Waals surface area contributed by atoms with Gasteiger partial charge in [-0.05, 0) is 30.4 Å². The minimum atomic E-state index is -0.830. The Morgan fingerprint density at radius 1 is 0.783 bits per heavy atom. The first-order valence-corrected chi connectivity index (χ1v) is 12.3. The van der Waals surface area contributed by atoms with Crippen LogP contribution in [0.4, 0.5) is 0 Å². The normalized spacial score (nSPS) is 11.6. The summed E-state index contributed by atoms with van der Waals surface area (Å²) in [4.78, 5) is 0. The number of hydrogen-bond donors (Lipinski definition) is 0. The van der Waals surface area contributed by atoms with Crippen LogP contribution < -0.4 is 0 Å². The van der Waals surface area contributed by atoms with Crippen LogP contribution in [0.3, 0.4) is 0 Å². The second-order valence-electron chi connectivity index (χ2n) is 7.03. The lowest BCUT2D eigenvalue weighted by atomic mass is 10.1. The second-order valence-corrected chi connectivity index (χ2v) is 11.4. The maximum atomic E-state index is 3.87. The lowest BCUT2D eigenvalue weighted by molar-refractivity contribution is 0.765. The van der Waals surface area contributed by atoms with E-state index in [-0.39, 0.29) is 0 Å². The van der Waals surface area contributed by atoms with E-state index in [1.54, 1.807) is 5.56 Å². The van der Waals surface area contributed by atoms with Gasteiger partial charge in [-0.3, -0.25) is 0 Å². The van der Waals surface area contributed by atoms with Crippen molar-refractivity contribution in [3.63, 3.8) is 0 Å². The highest BCUT2D eigenvalue weighted by molar-refractivity contribution is 7.75. The molecule has 0 radical (unpaired) electrons. The van der Waals surface area contributed by atoms with Gasteiger partial charge in [0, 0.05) is 7.26 Å². The molecule has 0 heterocycles. The largest absolute Gasteiger partial charge is 0.0985 e. The highest BCUT2D eigenvalue weighted by Gasteiger charge is 2.35. The van der Waals surface area contributed by atoms with Crippen LogP contribution in [-0.2, 0) is 6.16 Å². The molecule has 0 aliphatic rings. The molecule has 0 bridgehead atoms. The van der Waals surface area contributed by atoms with E-state index >= 15 is 0 Å². The van der Waals surface area contributed by atoms with Gasteiger partial charge in [0.15, 0.2) is 0 Å². The molecule has 0 N–H and O–H groups in total. The van der Waals surface area contributed by atoms with Crippen molar-refractivity contribution >= 4 is 13.3 Å². The fourth-order valence-corrected chi connectivity index (χ4v) is 8.40. The van der Waals surface area contributed by atoms with Crippen LogP contribution in [0.25, 0.3) is 6.08 Å². The first kappa shape index (κ1) is 20.4. The van der Waals surface area contributed by atoms with Crippen LogP contribution in [-0.4, -0.2) is 18.5 Å². The van der Waals surface area contributed by atoms with Crippen LogP contribution in [0.2, 0.25) is 0 Å². The predicted octanol–water partition coefficient (Wildman–Crippen LogP) is 7.64. The molecule has 0 amide bonds. The molecular formula is C22H38P+. The molecule has 1 aromatic rings. The minimum Gasteiger partial charge on any atom is -0.0985 e. The Balaban J connectivity index is 2.88. The molecule has 1 heteroatoms. The van der Waals surface area contributed by atoms with Gasteiger partial charge in [0.25, 0.3) is 0 Å². The van der Waals surface area contributed by atoms with Crippen LogP contribution in [0, 0.1) is 0 Å². The third kappa shape index (κ3) is 7.67. The van der Waals surface area contributed by atoms with E-state index in [0.717, 1.165) is 0 Å². The highest BCUT2D eigenvalue weighted by atomic mass is 31.2. The smallest absolute Gasteiger partial charge is 0.0842 e. The Kier molecular flexibility index (Phi) is 10.5. The number of hydrogen-bond acceptors (Lipinski definition) is 0. The molecule has 0 fully saturated rings. The molecule has 0 aliphatic carbocycles. The van der Waals surface area contributed by atoms with Gasteiger partial charge in [0.2, 0.25) is 0 Å². The summed E-state index contributed by atoms with van der Waals surface area (Å²) in [5, 5.41) is 0. The number of rotatable bonds is 13. The van der Waals surface area contributed by atoms with Crippen molar-refractivity contribution in [2.45, 2.75) is 71.9 Å². The van der Waals surface area contributed by atoms with Crippen molar-refractivity contribution in [1.29, 1.82) is 0 Å². The standard InChI is InChI=1S/C22H38P/c1-5-9-12-19-23(17-10-6-2,18-11-7-3)20-22-15-13-21(8-4)14-16-22/h8,13-16H,4-7,9-12,17-20H2,1-3H3/q+1. The van der Waals surface area contributed by atoms with Gasteiger partial charge in [0.05, 0.1) is 24.6 Å². The molecular weight excluding hydrogens is 295 g/mol. The van der Waals surface area contributed by atoms with Gasteiger partial charge in [0.1, 0.15) is 0 Å². The third-order valence-electron chi connectivity index (χ3n) is 4.94. The maximum Gasteiger partial charge on any atom is 0.0842 e. The zero-order valence-corrected chi connectivity index (χ0v) is 16.7. The van der Waals surface area contributed by atoms with Crippen LogP contribution >= 0.6 is 7.26 Å². The fourth-order valence-electron chi connectivity index (χ4n) is 3.40. The summed E-state index contributed by atoms with van der Waals surface area (Å²) >= 11 is 0. The average Bonchev–Trinajstić information content (AvgIpc) is 2.59. The van der Waals surface area contributed by atoms with Crippen LogP contribution in [0.15, 0.2) is 30.8 Å². The van der Waals surface area contributed by atoms with E-state index in [4.69, 9.17) is 0 Å². The van der Waals surface area contributed by atoms with Gasteiger partial charge in [-0.1, -0.05) is 83.4 Å². The van der Waals surface area contributed by atoms with Gasteiger partial charge >= 0.3 is 0 Å². The van der Waals surface area contributed by atoms with E-state index < -0.39 is 7.26 Å². The summed E-state index contributed by atoms with van der Waals surface area (Å²) in [6.45, 7) is 10.9. The fraction of sp³-hybridized carbons (Fsp3) is 0.636. The second kappa shape index (κ2) is 11.9. The van der Waals surface area contributed by atoms with Crippen LogP contribution in [0.1, 0.15) is 76.8 Å². The minimum absolute atomic E-state index is 0.830. The first-order chi connectivity index (χ1) is 11.2. The van der Waals surface area contributed by atoms with Crippen molar-refractivity contribution in [2.24, 2.45) is 0 Å². The summed E-state index contributed by atoms with van der Waals surface area (Å²) < 4.78 is 0. The lowest BCUT2D eigenvalue weighted by Crippen LogP contribution is -2.11. The zero-order valence-electron chi connectivity index (χ0n) is 15.8. The average molecular weight is 334 g/mol. The van der Waals surface area contributed by atoms with E-state index in [2.05, 4.69) is 51.6 Å². The van der Waals surface area contributed by atoms with Crippen molar-refractivity contribution in [3.05, 3.63) is 42.0 Å². The molecule has 1 rings (SSSR count). The summed E-state index contributed by atoms with van der Waals surface area (Å²) in [6, 6.07) is 9.18. The van der Waals surface area contributed by atoms with Crippen molar-refractivity contribution in [2.75, 3.05) is 18.5 Å². The molecule has 1 aromatic carbocycles. The highest BCUT2D eigenvalue weighted by Crippen LogP contribution is 2.63. The van der Waals surface area contributed by atoms with E-state index in [9.17, 15) is 0 Å². The molecule has 0 unspecified atom stereocenters. The molecule has 0 saturated heterocycles. The third-order valence-corrected chi connectivity index (χ3v) is 9.77. The molecule has 0 atom stereocenters. The molecule has 0 spiro atoms. The van der Waals surface area contributed by atoms with Crippen molar-refractivity contribution in [3.8, 4) is 0 Å². The lowest BCUT2D eigenvalue weighted by Gasteiger charge is -2.28. The molecule has 23 heavy (non-hydrogen) atoms. The van der Waals surface area contributed by atoms with Crippen molar-refractivity contribution in [1.82, 2.24) is 0 Å². The molecule has 130 valence electrons. The monoisotopic (exact) mass is 333 g/mol. The van der Waals surface area contributed by atoms with E-state index in [1.807, 2.05) is 6.08 Å². The topological polar surface area (TPSA) is 0 Å². The van der Waals surface area contributed by atoms with Gasteiger partial charge in [-0.15, -0.1) is 0 Å². The summed E-state index contributed by atoms with van der Waals surface area (Å²) in [5.74, 6) is 0. The van der Waals surface area contributed by atoms with Gasteiger partial charge < -0.3 is 0 Å². The Bertz CT molecular complexity index is 410. The zero-order chi connectivity index (χ0) is 17.0. The summed E-state index contributed by atoms with van der Waals surface area (Å²) in [6.07, 6.45) is 17.6. The quantitative estimate of drug-likeness (QED) is 0.257. The van der Waals surface area contributed by atoms with Crippen molar-refractivity contribution < 1.29 is 0 Å². The van der Waals surface area contributed by atoms with Gasteiger partial charge in [-0.2, -0.15) is 0 Å². The first-order valence-electron chi connectivity index (χ1n) is 9.76. The number of benzene rings is 1. The van der Waals surface area contributed by atoms with E-state index in [0.29, 0.717) is 0 Å². The van der Waals surface area contributed by atoms with Crippen LogP contribution in [0.5, 0.6) is 0 Å². The van der Waals surface area contributed by atoms with Gasteiger partial charge in [-0.25, -0.2) is 0 Å². The maximum absolute atomic E-state index is 3.87. The Morgan fingerprint density at radius 2 is 1.30 bits per heavy atom. The number of unbranched alkanes of at least 4 members (excludes halogenated alkanes) is 4. The Labute approximate surface area is 146 Å². The molecule has 0 saturated carbocycles. The SMILES string of the molecule is C=Cc1ccc(C[P+](CCCC)(CCCC)CCCCC)cc1. The predicted molar refractivity (Wildman–Crippen MR) is 111 cm³/mol. The Morgan fingerprint density at radius 3 is 1.78 bits per heavy atom. The summed E-state index contributed by atoms with van der Waals surface area (Å²) in [5.41, 5.74) is 2.80.